The Morgan fingerprint density at radius 2 is 1.88 bits per heavy atom. The third kappa shape index (κ3) is 6.73. The highest BCUT2D eigenvalue weighted by molar-refractivity contribution is 14.1. The van der Waals surface area contributed by atoms with E-state index in [4.69, 9.17) is 14.2 Å². The topological polar surface area (TPSA) is 86.2 Å². The number of hydrogen-bond acceptors (Lipinski definition) is 7. The highest BCUT2D eigenvalue weighted by atomic mass is 127. The van der Waals surface area contributed by atoms with Crippen LogP contribution in [0.15, 0.2) is 46.3 Å². The normalized spacial score (nSPS) is 15.6. The molecule has 9 heteroatoms. The first kappa shape index (κ1) is 25.1. The van der Waals surface area contributed by atoms with Crippen molar-refractivity contribution in [3.63, 3.8) is 0 Å². The Balaban J connectivity index is 1.79. The van der Waals surface area contributed by atoms with E-state index in [9.17, 15) is 9.59 Å². The van der Waals surface area contributed by atoms with Crippen LogP contribution < -0.4 is 14.8 Å². The van der Waals surface area contributed by atoms with Gasteiger partial charge < -0.3 is 19.5 Å². The summed E-state index contributed by atoms with van der Waals surface area (Å²) in [5, 5.41) is 3.25. The van der Waals surface area contributed by atoms with E-state index in [1.54, 1.807) is 37.3 Å². The maximum Gasteiger partial charge on any atom is 0.338 e. The standard InChI is InChI=1S/C24H25IN2O5S/c1-4-11-32-21-18(25)12-15(13-19(21)30-5-2)14-20-22(28)27-24(33-20)26-17-9-7-16(8-10-17)23(29)31-6-3/h7-10,12-14H,4-6,11H2,1-3H3,(H,26,27,28)/b20-14-. The lowest BCUT2D eigenvalue weighted by Crippen LogP contribution is -2.19. The Labute approximate surface area is 211 Å². The number of amides is 1. The van der Waals surface area contributed by atoms with Crippen molar-refractivity contribution in [2.24, 2.45) is 4.99 Å². The monoisotopic (exact) mass is 580 g/mol. The van der Waals surface area contributed by atoms with E-state index in [2.05, 4.69) is 39.8 Å². The van der Waals surface area contributed by atoms with Crippen LogP contribution in [-0.4, -0.2) is 36.9 Å². The van der Waals surface area contributed by atoms with Crippen LogP contribution in [0.4, 0.5) is 5.69 Å². The molecule has 1 aliphatic rings. The first-order chi connectivity index (χ1) is 15.9. The molecule has 0 bridgehead atoms. The minimum absolute atomic E-state index is 0.221. The molecular weight excluding hydrogens is 555 g/mol. The molecule has 1 amide bonds. The van der Waals surface area contributed by atoms with Gasteiger partial charge in [-0.1, -0.05) is 6.92 Å². The molecule has 1 N–H and O–H groups in total. The van der Waals surface area contributed by atoms with Crippen LogP contribution in [0.25, 0.3) is 6.08 Å². The minimum atomic E-state index is -0.377. The van der Waals surface area contributed by atoms with Crippen LogP contribution in [0.5, 0.6) is 11.5 Å². The highest BCUT2D eigenvalue weighted by Crippen LogP contribution is 2.36. The van der Waals surface area contributed by atoms with Gasteiger partial charge >= 0.3 is 5.97 Å². The van der Waals surface area contributed by atoms with Gasteiger partial charge in [0.25, 0.3) is 5.91 Å². The second-order valence-corrected chi connectivity index (χ2v) is 9.05. The smallest absolute Gasteiger partial charge is 0.338 e. The first-order valence-electron chi connectivity index (χ1n) is 10.6. The molecule has 2 aromatic rings. The molecule has 1 aliphatic heterocycles. The molecule has 1 heterocycles. The fourth-order valence-electron chi connectivity index (χ4n) is 2.91. The Kier molecular flexibility index (Phi) is 9.19. The summed E-state index contributed by atoms with van der Waals surface area (Å²) in [6, 6.07) is 10.5. The van der Waals surface area contributed by atoms with Gasteiger partial charge in [0.05, 0.1) is 39.5 Å². The van der Waals surface area contributed by atoms with E-state index >= 15 is 0 Å². The number of thioether (sulfide) groups is 1. The number of ether oxygens (including phenoxy) is 3. The average Bonchev–Trinajstić information content (AvgIpc) is 3.12. The summed E-state index contributed by atoms with van der Waals surface area (Å²) in [5.74, 6) is 0.779. The highest BCUT2D eigenvalue weighted by Gasteiger charge is 2.24. The van der Waals surface area contributed by atoms with Crippen LogP contribution in [-0.2, 0) is 9.53 Å². The zero-order valence-corrected chi connectivity index (χ0v) is 21.6. The van der Waals surface area contributed by atoms with Crippen molar-refractivity contribution >= 4 is 63.2 Å². The fraction of sp³-hybridized carbons (Fsp3) is 0.292. The van der Waals surface area contributed by atoms with Gasteiger partial charge in [0, 0.05) is 0 Å². The predicted molar refractivity (Wildman–Crippen MR) is 139 cm³/mol. The predicted octanol–water partition coefficient (Wildman–Crippen LogP) is 5.55. The third-order valence-corrected chi connectivity index (χ3v) is 6.05. The third-order valence-electron chi connectivity index (χ3n) is 4.34. The van der Waals surface area contributed by atoms with Gasteiger partial charge in [0.1, 0.15) is 0 Å². The zero-order chi connectivity index (χ0) is 23.8. The van der Waals surface area contributed by atoms with Crippen molar-refractivity contribution in [3.8, 4) is 11.5 Å². The molecule has 0 saturated carbocycles. The molecule has 0 spiro atoms. The largest absolute Gasteiger partial charge is 0.490 e. The molecule has 1 fully saturated rings. The Hall–Kier alpha value is -2.53. The SMILES string of the molecule is CCCOc1c(I)cc(/C=C2\SC(=Nc3ccc(C(=O)OCC)cc3)NC2=O)cc1OCC. The van der Waals surface area contributed by atoms with Gasteiger partial charge in [-0.15, -0.1) is 0 Å². The van der Waals surface area contributed by atoms with Crippen molar-refractivity contribution in [1.29, 1.82) is 0 Å². The number of carbonyl (C=O) groups excluding carboxylic acids is 2. The second-order valence-electron chi connectivity index (χ2n) is 6.86. The summed E-state index contributed by atoms with van der Waals surface area (Å²) < 4.78 is 17.5. The number of benzene rings is 2. The number of halogens is 1. The van der Waals surface area contributed by atoms with Crippen molar-refractivity contribution in [2.75, 3.05) is 19.8 Å². The van der Waals surface area contributed by atoms with Crippen molar-refractivity contribution < 1.29 is 23.8 Å². The van der Waals surface area contributed by atoms with E-state index in [1.165, 1.54) is 11.8 Å². The maximum atomic E-state index is 12.5. The Morgan fingerprint density at radius 1 is 1.12 bits per heavy atom. The average molecular weight is 580 g/mol. The molecule has 7 nitrogen and oxygen atoms in total. The molecule has 1 saturated heterocycles. The second kappa shape index (κ2) is 12.1. The summed E-state index contributed by atoms with van der Waals surface area (Å²) >= 11 is 3.47. The lowest BCUT2D eigenvalue weighted by Gasteiger charge is -2.14. The number of rotatable bonds is 9. The van der Waals surface area contributed by atoms with Gasteiger partial charge in [-0.05, 0) is 103 Å². The molecular formula is C24H25IN2O5S. The maximum absolute atomic E-state index is 12.5. The number of amidine groups is 1. The zero-order valence-electron chi connectivity index (χ0n) is 18.6. The number of nitrogens with zero attached hydrogens (tertiary/aromatic N) is 1. The van der Waals surface area contributed by atoms with Gasteiger partial charge in [0.15, 0.2) is 16.7 Å². The summed E-state index contributed by atoms with van der Waals surface area (Å²) in [6.07, 6.45) is 2.71. The molecule has 0 aromatic heterocycles. The van der Waals surface area contributed by atoms with E-state index in [-0.39, 0.29) is 11.9 Å². The lowest BCUT2D eigenvalue weighted by atomic mass is 10.2. The molecule has 0 unspecified atom stereocenters. The van der Waals surface area contributed by atoms with E-state index in [1.807, 2.05) is 19.1 Å². The Bertz CT molecular complexity index is 1080. The molecule has 0 aliphatic carbocycles. The number of aliphatic imine (C=N–C) groups is 1. The van der Waals surface area contributed by atoms with Crippen molar-refractivity contribution in [1.82, 2.24) is 5.32 Å². The lowest BCUT2D eigenvalue weighted by molar-refractivity contribution is -0.115. The summed E-state index contributed by atoms with van der Waals surface area (Å²) in [5.41, 5.74) is 1.91. The van der Waals surface area contributed by atoms with Gasteiger partial charge in [0.2, 0.25) is 0 Å². The Morgan fingerprint density at radius 3 is 2.55 bits per heavy atom. The quantitative estimate of drug-likeness (QED) is 0.238. The molecule has 3 rings (SSSR count). The summed E-state index contributed by atoms with van der Waals surface area (Å²) in [4.78, 5) is 29.3. The van der Waals surface area contributed by atoms with E-state index in [0.717, 1.165) is 21.3 Å². The van der Waals surface area contributed by atoms with Crippen LogP contribution in [0, 0.1) is 3.57 Å². The van der Waals surface area contributed by atoms with Gasteiger partial charge in [-0.25, -0.2) is 9.79 Å². The fourth-order valence-corrected chi connectivity index (χ4v) is 4.54. The van der Waals surface area contributed by atoms with Gasteiger partial charge in [-0.2, -0.15) is 0 Å². The van der Waals surface area contributed by atoms with Crippen LogP contribution >= 0.6 is 34.4 Å². The van der Waals surface area contributed by atoms with Crippen LogP contribution in [0.3, 0.4) is 0 Å². The molecule has 0 radical (unpaired) electrons. The molecule has 174 valence electrons. The number of nitrogens with one attached hydrogen (secondary N) is 1. The van der Waals surface area contributed by atoms with E-state index < -0.39 is 0 Å². The molecule has 2 aromatic carbocycles. The van der Waals surface area contributed by atoms with Crippen LogP contribution in [0.1, 0.15) is 43.1 Å². The summed E-state index contributed by atoms with van der Waals surface area (Å²) in [6.45, 7) is 7.17. The number of carbonyl (C=O) groups is 2. The molecule has 33 heavy (non-hydrogen) atoms. The number of hydrogen-bond donors (Lipinski definition) is 1. The number of esters is 1. The molecule has 0 atom stereocenters. The van der Waals surface area contributed by atoms with Crippen molar-refractivity contribution in [3.05, 3.63) is 56.0 Å². The summed E-state index contributed by atoms with van der Waals surface area (Å²) in [7, 11) is 0. The first-order valence-corrected chi connectivity index (χ1v) is 12.5. The van der Waals surface area contributed by atoms with E-state index in [0.29, 0.717) is 46.9 Å². The van der Waals surface area contributed by atoms with Gasteiger partial charge in [-0.3, -0.25) is 4.79 Å². The van der Waals surface area contributed by atoms with Crippen molar-refractivity contribution in [2.45, 2.75) is 27.2 Å². The van der Waals surface area contributed by atoms with Crippen LogP contribution in [0.2, 0.25) is 0 Å². The minimum Gasteiger partial charge on any atom is -0.490 e.